The molecule has 0 saturated heterocycles. The Morgan fingerprint density at radius 3 is 2.61 bits per heavy atom. The van der Waals surface area contributed by atoms with Gasteiger partial charge >= 0.3 is 12.1 Å². The predicted octanol–water partition coefficient (Wildman–Crippen LogP) is 5.00. The molecule has 0 aliphatic heterocycles. The molecule has 1 unspecified atom stereocenters. The quantitative estimate of drug-likeness (QED) is 0.521. The molecule has 0 spiro atoms. The highest BCUT2D eigenvalue weighted by Crippen LogP contribution is 2.37. The van der Waals surface area contributed by atoms with Gasteiger partial charge in [0.25, 0.3) is 0 Å². The molecule has 1 N–H and O–H groups in total. The van der Waals surface area contributed by atoms with E-state index >= 15 is 0 Å². The summed E-state index contributed by atoms with van der Waals surface area (Å²) >= 11 is 0. The molecule has 10 heteroatoms. The summed E-state index contributed by atoms with van der Waals surface area (Å²) in [5.74, 6) is -0.768. The fourth-order valence-corrected chi connectivity index (χ4v) is 3.81. The molecule has 1 aliphatic rings. The highest BCUT2D eigenvalue weighted by Gasteiger charge is 2.35. The summed E-state index contributed by atoms with van der Waals surface area (Å²) < 4.78 is 62.4. The minimum atomic E-state index is -4.52. The number of alkyl halides is 3. The molecule has 2 aromatic rings. The van der Waals surface area contributed by atoms with Crippen LogP contribution in [-0.4, -0.2) is 47.6 Å². The number of hydrogen-bond acceptors (Lipinski definition) is 6. The zero-order valence-corrected chi connectivity index (χ0v) is 18.6. The Labute approximate surface area is 189 Å². The van der Waals surface area contributed by atoms with Crippen molar-refractivity contribution in [1.82, 2.24) is 4.98 Å². The lowest BCUT2D eigenvalue weighted by molar-refractivity contribution is -0.157. The number of aliphatic carboxylic acids is 1. The van der Waals surface area contributed by atoms with Gasteiger partial charge < -0.3 is 23.7 Å². The van der Waals surface area contributed by atoms with Crippen LogP contribution in [0.15, 0.2) is 28.7 Å². The van der Waals surface area contributed by atoms with Gasteiger partial charge in [-0.1, -0.05) is 12.1 Å². The van der Waals surface area contributed by atoms with Crippen molar-refractivity contribution in [1.29, 1.82) is 0 Å². The summed E-state index contributed by atoms with van der Waals surface area (Å²) in [4.78, 5) is 15.4. The van der Waals surface area contributed by atoms with Crippen LogP contribution in [0, 0.1) is 6.92 Å². The van der Waals surface area contributed by atoms with Crippen molar-refractivity contribution in [2.75, 3.05) is 13.2 Å². The van der Waals surface area contributed by atoms with Crippen LogP contribution in [-0.2, 0) is 31.8 Å². The van der Waals surface area contributed by atoms with Gasteiger partial charge in [0, 0.05) is 12.2 Å². The van der Waals surface area contributed by atoms with Gasteiger partial charge in [0.1, 0.15) is 11.5 Å². The number of oxazole rings is 1. The molecule has 182 valence electrons. The predicted molar refractivity (Wildman–Crippen MR) is 112 cm³/mol. The summed E-state index contributed by atoms with van der Waals surface area (Å²) in [5, 5.41) is 9.16. The monoisotopic (exact) mass is 471 g/mol. The van der Waals surface area contributed by atoms with E-state index < -0.39 is 23.8 Å². The molecule has 3 rings (SSSR count). The third kappa shape index (κ3) is 6.78. The second kappa shape index (κ2) is 11.1. The minimum absolute atomic E-state index is 0.0368. The zero-order valence-electron chi connectivity index (χ0n) is 18.6. The average molecular weight is 471 g/mol. The number of rotatable bonds is 10. The number of carboxylic acids is 1. The van der Waals surface area contributed by atoms with E-state index in [1.165, 1.54) is 18.2 Å². The SMILES string of the molecule is CCOC(CO[C@@H]1CCC[C@H](OCc2nc(-c3ccccc3C(F)(F)F)oc2C)C1)C(=O)O. The topological polar surface area (TPSA) is 91.0 Å². The Kier molecular flexibility index (Phi) is 8.50. The van der Waals surface area contributed by atoms with Gasteiger partial charge in [-0.15, -0.1) is 0 Å². The van der Waals surface area contributed by atoms with Gasteiger partial charge in [-0.05, 0) is 51.7 Å². The highest BCUT2D eigenvalue weighted by molar-refractivity contribution is 5.72. The molecular weight excluding hydrogens is 443 g/mol. The second-order valence-electron chi connectivity index (χ2n) is 7.90. The number of aromatic nitrogens is 1. The minimum Gasteiger partial charge on any atom is -0.479 e. The van der Waals surface area contributed by atoms with Crippen LogP contribution in [0.4, 0.5) is 13.2 Å². The lowest BCUT2D eigenvalue weighted by atomic mass is 9.95. The van der Waals surface area contributed by atoms with Crippen LogP contribution in [0.1, 0.15) is 49.6 Å². The fourth-order valence-electron chi connectivity index (χ4n) is 3.81. The number of hydrogen-bond donors (Lipinski definition) is 1. The first-order valence-corrected chi connectivity index (χ1v) is 10.9. The summed E-state index contributed by atoms with van der Waals surface area (Å²) in [6.45, 7) is 3.70. The van der Waals surface area contributed by atoms with Gasteiger partial charge in [-0.25, -0.2) is 9.78 Å². The third-order valence-electron chi connectivity index (χ3n) is 5.52. The van der Waals surface area contributed by atoms with E-state index in [0.717, 1.165) is 25.3 Å². The van der Waals surface area contributed by atoms with Crippen molar-refractivity contribution >= 4 is 5.97 Å². The van der Waals surface area contributed by atoms with E-state index in [1.54, 1.807) is 13.8 Å². The summed E-state index contributed by atoms with van der Waals surface area (Å²) in [7, 11) is 0. The highest BCUT2D eigenvalue weighted by atomic mass is 19.4. The number of ether oxygens (including phenoxy) is 3. The standard InChI is InChI=1S/C23H28F3NO6/c1-3-30-20(22(28)29)13-32-16-8-6-7-15(11-16)31-12-19-14(2)33-21(27-19)17-9-4-5-10-18(17)23(24,25)26/h4-5,9-10,15-16,20H,3,6-8,11-13H2,1-2H3,(H,28,29)/t15-,16+,20?/m0/s1. The maximum absolute atomic E-state index is 13.3. The van der Waals surface area contributed by atoms with E-state index in [4.69, 9.17) is 23.7 Å². The maximum atomic E-state index is 13.3. The van der Waals surface area contributed by atoms with Crippen LogP contribution in [0.3, 0.4) is 0 Å². The lowest BCUT2D eigenvalue weighted by Crippen LogP contribution is -2.34. The Balaban J connectivity index is 1.59. The van der Waals surface area contributed by atoms with Gasteiger partial charge in [0.05, 0.1) is 31.0 Å². The molecular formula is C23H28F3NO6. The first kappa shape index (κ1) is 25.2. The van der Waals surface area contributed by atoms with E-state index in [-0.39, 0.29) is 43.5 Å². The summed E-state index contributed by atoms with van der Waals surface area (Å²) in [6.07, 6.45) is -2.79. The summed E-state index contributed by atoms with van der Waals surface area (Å²) in [5.41, 5.74) is -0.488. The van der Waals surface area contributed by atoms with Gasteiger partial charge in [0.2, 0.25) is 5.89 Å². The van der Waals surface area contributed by atoms with Crippen LogP contribution in [0.25, 0.3) is 11.5 Å². The van der Waals surface area contributed by atoms with Crippen molar-refractivity contribution in [2.45, 2.75) is 70.6 Å². The van der Waals surface area contributed by atoms with Crippen LogP contribution in [0.2, 0.25) is 0 Å². The maximum Gasteiger partial charge on any atom is 0.417 e. The van der Waals surface area contributed by atoms with Crippen molar-refractivity contribution in [3.05, 3.63) is 41.3 Å². The molecule has 0 bridgehead atoms. The molecule has 1 saturated carbocycles. The van der Waals surface area contributed by atoms with Crippen LogP contribution >= 0.6 is 0 Å². The number of nitrogens with zero attached hydrogens (tertiary/aromatic N) is 1. The summed E-state index contributed by atoms with van der Waals surface area (Å²) in [6, 6.07) is 5.14. The molecule has 1 heterocycles. The Bertz CT molecular complexity index is 929. The second-order valence-corrected chi connectivity index (χ2v) is 7.90. The van der Waals surface area contributed by atoms with Crippen LogP contribution < -0.4 is 0 Å². The van der Waals surface area contributed by atoms with Gasteiger partial charge in [-0.2, -0.15) is 13.2 Å². The fraction of sp³-hybridized carbons (Fsp3) is 0.565. The number of benzene rings is 1. The molecule has 33 heavy (non-hydrogen) atoms. The number of carbonyl (C=O) groups is 1. The van der Waals surface area contributed by atoms with Gasteiger partial charge in [0.15, 0.2) is 6.10 Å². The van der Waals surface area contributed by atoms with E-state index in [2.05, 4.69) is 4.98 Å². The first-order chi connectivity index (χ1) is 15.7. The van der Waals surface area contributed by atoms with Gasteiger partial charge in [-0.3, -0.25) is 0 Å². The largest absolute Gasteiger partial charge is 0.479 e. The van der Waals surface area contributed by atoms with Crippen LogP contribution in [0.5, 0.6) is 0 Å². The Hall–Kier alpha value is -2.43. The van der Waals surface area contributed by atoms with E-state index in [1.807, 2.05) is 0 Å². The Morgan fingerprint density at radius 1 is 1.24 bits per heavy atom. The molecule has 1 aromatic carbocycles. The zero-order chi connectivity index (χ0) is 24.0. The molecule has 3 atom stereocenters. The van der Waals surface area contributed by atoms with Crippen molar-refractivity contribution in [3.63, 3.8) is 0 Å². The number of halogens is 3. The first-order valence-electron chi connectivity index (χ1n) is 10.9. The van der Waals surface area contributed by atoms with E-state index in [9.17, 15) is 18.0 Å². The number of aryl methyl sites for hydroxylation is 1. The molecule has 1 aromatic heterocycles. The molecule has 1 fully saturated rings. The lowest BCUT2D eigenvalue weighted by Gasteiger charge is -2.29. The molecule has 0 radical (unpaired) electrons. The van der Waals surface area contributed by atoms with Crippen molar-refractivity contribution < 1.29 is 41.7 Å². The molecule has 0 amide bonds. The number of carboxylic acid groups (broad SMARTS) is 1. The third-order valence-corrected chi connectivity index (χ3v) is 5.52. The van der Waals surface area contributed by atoms with Crippen molar-refractivity contribution in [2.24, 2.45) is 0 Å². The average Bonchev–Trinajstić information content (AvgIpc) is 3.15. The van der Waals surface area contributed by atoms with Crippen molar-refractivity contribution in [3.8, 4) is 11.5 Å². The molecule has 7 nitrogen and oxygen atoms in total. The smallest absolute Gasteiger partial charge is 0.417 e. The van der Waals surface area contributed by atoms with E-state index in [0.29, 0.717) is 17.9 Å². The Morgan fingerprint density at radius 2 is 1.94 bits per heavy atom. The molecule has 1 aliphatic carbocycles. The normalized spacial score (nSPS) is 20.0.